The Morgan fingerprint density at radius 3 is 1.38 bits per heavy atom. The van der Waals surface area contributed by atoms with Gasteiger partial charge in [0.05, 0.1) is 0 Å². The summed E-state index contributed by atoms with van der Waals surface area (Å²) in [6, 6.07) is 18.0. The molecule has 56 heavy (non-hydrogen) atoms. The van der Waals surface area contributed by atoms with Gasteiger partial charge in [0.25, 0.3) is 0 Å². The van der Waals surface area contributed by atoms with Gasteiger partial charge in [-0.05, 0) is 94.0 Å². The molecule has 2 heteroatoms. The predicted molar refractivity (Wildman–Crippen MR) is 248 cm³/mol. The first-order chi connectivity index (χ1) is 27.7. The molecule has 1 aliphatic heterocycles. The fourth-order valence-corrected chi connectivity index (χ4v) is 8.79. The lowest BCUT2D eigenvalue weighted by Gasteiger charge is -2.13. The van der Waals surface area contributed by atoms with Crippen LogP contribution in [0.25, 0.3) is 16.9 Å². The second-order valence-electron chi connectivity index (χ2n) is 17.2. The van der Waals surface area contributed by atoms with Gasteiger partial charge in [-0.15, -0.1) is 0 Å². The van der Waals surface area contributed by atoms with Crippen molar-refractivity contribution in [3.05, 3.63) is 99.6 Å². The van der Waals surface area contributed by atoms with Gasteiger partial charge in [-0.1, -0.05) is 211 Å². The fourth-order valence-electron chi connectivity index (χ4n) is 8.79. The molecular weight excluding hydrogens is 677 g/mol. The minimum atomic E-state index is 1.01. The van der Waals surface area contributed by atoms with E-state index in [-0.39, 0.29) is 0 Å². The van der Waals surface area contributed by atoms with Crippen LogP contribution in [0.3, 0.4) is 0 Å². The summed E-state index contributed by atoms with van der Waals surface area (Å²) in [5.74, 6) is 0. The first-order valence-electron chi connectivity index (χ1n) is 24.4. The van der Waals surface area contributed by atoms with E-state index < -0.39 is 0 Å². The third-order valence-electron chi connectivity index (χ3n) is 12.3. The van der Waals surface area contributed by atoms with Crippen molar-refractivity contribution in [2.75, 3.05) is 0 Å². The zero-order valence-electron chi connectivity index (χ0n) is 37.3. The number of nitrogens with zero attached hydrogens (tertiary/aromatic N) is 2. The van der Waals surface area contributed by atoms with Crippen molar-refractivity contribution in [3.63, 3.8) is 0 Å². The van der Waals surface area contributed by atoms with Gasteiger partial charge < -0.3 is 5.53 Å². The van der Waals surface area contributed by atoms with Crippen molar-refractivity contribution in [3.8, 4) is 0 Å². The highest BCUT2D eigenvalue weighted by molar-refractivity contribution is 5.82. The summed E-state index contributed by atoms with van der Waals surface area (Å²) in [4.78, 5) is 0. The maximum Gasteiger partial charge on any atom is 0.211 e. The maximum absolute atomic E-state index is 12.1. The lowest BCUT2D eigenvalue weighted by atomic mass is 9.90. The Morgan fingerprint density at radius 1 is 0.446 bits per heavy atom. The van der Waals surface area contributed by atoms with Crippen molar-refractivity contribution < 1.29 is 4.70 Å². The molecule has 0 N–H and O–H groups in total. The molecule has 0 aliphatic carbocycles. The quantitative estimate of drug-likeness (QED) is 0.0380. The second-order valence-corrected chi connectivity index (χ2v) is 17.2. The maximum atomic E-state index is 12.1. The minimum absolute atomic E-state index is 1.01. The lowest BCUT2D eigenvalue weighted by Crippen LogP contribution is -2.05. The SMILES string of the molecule is CC=CCCCc1ccccc1C1=C(CCCC)C(CCCC)=C(c2ccc(CCCCCCCCCCCCCCCCCCCCCCCC)cc2)[N+]1=[N-]. The zero-order valence-corrected chi connectivity index (χ0v) is 37.3. The van der Waals surface area contributed by atoms with Crippen molar-refractivity contribution in [2.24, 2.45) is 0 Å². The first-order valence-corrected chi connectivity index (χ1v) is 24.4. The summed E-state index contributed by atoms with van der Waals surface area (Å²) in [7, 11) is 0. The number of aryl methyl sites for hydroxylation is 2. The number of allylic oxidation sites excluding steroid dienone is 4. The van der Waals surface area contributed by atoms with E-state index >= 15 is 0 Å². The predicted octanol–water partition coefficient (Wildman–Crippen LogP) is 18.3. The van der Waals surface area contributed by atoms with Crippen molar-refractivity contribution in [1.82, 2.24) is 0 Å². The standard InChI is InChI=1S/C54H86N2/c1-5-9-13-15-16-17-18-19-20-21-22-23-24-25-26-27-28-29-30-31-32-33-37-47-43-45-49(46-44-47)53-51(40-11-7-3)52(41-12-8-4)54(56(53)55)50-42-36-35-39-48(50)38-34-14-10-6-2/h6,10,35-36,39,42-46H,5,7-9,11-34,37-38,40-41H2,1-4H3. The Labute approximate surface area is 347 Å². The van der Waals surface area contributed by atoms with Crippen LogP contribution in [0.2, 0.25) is 0 Å². The van der Waals surface area contributed by atoms with Crippen molar-refractivity contribution in [1.29, 1.82) is 0 Å². The van der Waals surface area contributed by atoms with Gasteiger partial charge in [-0.25, -0.2) is 4.70 Å². The normalized spacial score (nSPS) is 13.3. The smallest absolute Gasteiger partial charge is 0.211 e. The molecule has 0 fully saturated rings. The molecule has 1 heterocycles. The number of rotatable bonds is 35. The summed E-state index contributed by atoms with van der Waals surface area (Å²) >= 11 is 0. The van der Waals surface area contributed by atoms with Gasteiger partial charge >= 0.3 is 0 Å². The molecule has 0 atom stereocenters. The fraction of sp³-hybridized carbons (Fsp3) is 0.667. The molecule has 0 saturated heterocycles. The molecule has 0 radical (unpaired) electrons. The Bertz CT molecular complexity index is 1410. The van der Waals surface area contributed by atoms with Gasteiger partial charge in [0.1, 0.15) is 0 Å². The molecule has 2 nitrogen and oxygen atoms in total. The van der Waals surface area contributed by atoms with Crippen LogP contribution >= 0.6 is 0 Å². The molecule has 2 aromatic carbocycles. The highest BCUT2D eigenvalue weighted by Gasteiger charge is 2.35. The first kappa shape index (κ1) is 47.6. The van der Waals surface area contributed by atoms with E-state index in [0.29, 0.717) is 0 Å². The number of unbranched alkanes of at least 4 members (excludes halogenated alkanes) is 24. The van der Waals surface area contributed by atoms with E-state index in [1.165, 1.54) is 169 Å². The van der Waals surface area contributed by atoms with E-state index in [9.17, 15) is 5.53 Å². The molecule has 0 saturated carbocycles. The van der Waals surface area contributed by atoms with Gasteiger partial charge in [0.15, 0.2) is 0 Å². The Kier molecular flexibility index (Phi) is 26.6. The number of benzene rings is 2. The minimum Gasteiger partial charge on any atom is -0.493 e. The molecular formula is C54H86N2. The zero-order chi connectivity index (χ0) is 39.9. The van der Waals surface area contributed by atoms with E-state index in [0.717, 1.165) is 81.2 Å². The molecule has 0 amide bonds. The van der Waals surface area contributed by atoms with Crippen molar-refractivity contribution in [2.45, 2.75) is 233 Å². The Morgan fingerprint density at radius 2 is 0.893 bits per heavy atom. The topological polar surface area (TPSA) is 25.3 Å². The Balaban J connectivity index is 1.37. The van der Waals surface area contributed by atoms with Crippen LogP contribution in [0.5, 0.6) is 0 Å². The van der Waals surface area contributed by atoms with Crippen LogP contribution in [0.4, 0.5) is 0 Å². The Hall–Kier alpha value is -2.74. The van der Waals surface area contributed by atoms with E-state index in [4.69, 9.17) is 0 Å². The van der Waals surface area contributed by atoms with Crippen LogP contribution < -0.4 is 0 Å². The van der Waals surface area contributed by atoms with Gasteiger partial charge in [0, 0.05) is 22.3 Å². The molecule has 3 rings (SSSR count). The summed E-state index contributed by atoms with van der Waals surface area (Å²) in [6.07, 6.45) is 46.8. The second kappa shape index (κ2) is 31.3. The van der Waals surface area contributed by atoms with Crippen LogP contribution in [-0.4, -0.2) is 4.70 Å². The van der Waals surface area contributed by atoms with Crippen LogP contribution in [-0.2, 0) is 12.8 Å². The number of hydrogen-bond acceptors (Lipinski definition) is 0. The summed E-state index contributed by atoms with van der Waals surface area (Å²) in [5, 5.41) is 0. The van der Waals surface area contributed by atoms with E-state index in [1.54, 1.807) is 4.70 Å². The molecule has 0 unspecified atom stereocenters. The lowest BCUT2D eigenvalue weighted by molar-refractivity contribution is -0.345. The summed E-state index contributed by atoms with van der Waals surface area (Å²) in [5.41, 5.74) is 22.0. The average Bonchev–Trinajstić information content (AvgIpc) is 3.49. The third kappa shape index (κ3) is 18.2. The highest BCUT2D eigenvalue weighted by atomic mass is 15.2. The molecule has 0 spiro atoms. The van der Waals surface area contributed by atoms with Gasteiger partial charge in [-0.2, -0.15) is 0 Å². The molecule has 2 aromatic rings. The summed E-state index contributed by atoms with van der Waals surface area (Å²) < 4.78 is 1.58. The van der Waals surface area contributed by atoms with Gasteiger partial charge in [-0.3, -0.25) is 0 Å². The number of hydrogen-bond donors (Lipinski definition) is 0. The van der Waals surface area contributed by atoms with Crippen LogP contribution in [0.1, 0.15) is 243 Å². The summed E-state index contributed by atoms with van der Waals surface area (Å²) in [6.45, 7) is 8.96. The van der Waals surface area contributed by atoms with E-state index in [2.05, 4.69) is 88.4 Å². The largest absolute Gasteiger partial charge is 0.493 e. The monoisotopic (exact) mass is 763 g/mol. The molecule has 0 bridgehead atoms. The van der Waals surface area contributed by atoms with Gasteiger partial charge in [0.2, 0.25) is 11.4 Å². The van der Waals surface area contributed by atoms with Crippen LogP contribution in [0.15, 0.2) is 71.8 Å². The molecule has 312 valence electrons. The highest BCUT2D eigenvalue weighted by Crippen LogP contribution is 2.45. The average molecular weight is 763 g/mol. The molecule has 1 aliphatic rings. The van der Waals surface area contributed by atoms with E-state index in [1.807, 2.05) is 0 Å². The van der Waals surface area contributed by atoms with Crippen LogP contribution in [0, 0.1) is 0 Å². The molecule has 0 aromatic heterocycles. The van der Waals surface area contributed by atoms with Crippen molar-refractivity contribution >= 4 is 11.4 Å². The third-order valence-corrected chi connectivity index (χ3v) is 12.3.